The highest BCUT2D eigenvalue weighted by Crippen LogP contribution is 2.44. The van der Waals surface area contributed by atoms with E-state index >= 15 is 0 Å². The smallest absolute Gasteiger partial charge is 0.409 e. The van der Waals surface area contributed by atoms with Crippen molar-refractivity contribution in [3.8, 4) is 11.1 Å². The molecule has 1 saturated heterocycles. The summed E-state index contributed by atoms with van der Waals surface area (Å²) in [6.45, 7) is 3.19. The van der Waals surface area contributed by atoms with Gasteiger partial charge in [-0.25, -0.2) is 4.79 Å². The Morgan fingerprint density at radius 1 is 1.08 bits per heavy atom. The number of nitrogens with zero attached hydrogens (tertiary/aromatic N) is 1. The molecule has 1 aliphatic heterocycles. The molecule has 1 aliphatic carbocycles. The highest BCUT2D eigenvalue weighted by molar-refractivity contribution is 5.79. The average molecular weight is 323 g/mol. The van der Waals surface area contributed by atoms with Gasteiger partial charge in [-0.15, -0.1) is 0 Å². The van der Waals surface area contributed by atoms with E-state index in [1.807, 2.05) is 31.2 Å². The summed E-state index contributed by atoms with van der Waals surface area (Å²) < 4.78 is 5.60. The Morgan fingerprint density at radius 3 is 2.21 bits per heavy atom. The van der Waals surface area contributed by atoms with Crippen LogP contribution in [0.25, 0.3) is 11.1 Å². The van der Waals surface area contributed by atoms with Crippen molar-refractivity contribution in [3.63, 3.8) is 0 Å². The molecule has 2 aromatic rings. The van der Waals surface area contributed by atoms with E-state index in [0.29, 0.717) is 19.7 Å². The van der Waals surface area contributed by atoms with Gasteiger partial charge in [0.15, 0.2) is 0 Å². The van der Waals surface area contributed by atoms with Crippen LogP contribution in [-0.4, -0.2) is 41.9 Å². The van der Waals surface area contributed by atoms with E-state index in [4.69, 9.17) is 4.74 Å². The van der Waals surface area contributed by atoms with Crippen molar-refractivity contribution >= 4 is 6.09 Å². The topological polar surface area (TPSA) is 49.8 Å². The number of aliphatic hydroxyl groups is 1. The Kier molecular flexibility index (Phi) is 3.77. The van der Waals surface area contributed by atoms with Crippen molar-refractivity contribution in [3.05, 3.63) is 59.7 Å². The van der Waals surface area contributed by atoms with Gasteiger partial charge in [-0.3, -0.25) is 0 Å². The lowest BCUT2D eigenvalue weighted by Gasteiger charge is -2.19. The normalized spacial score (nSPS) is 22.3. The average Bonchev–Trinajstić information content (AvgIpc) is 3.11. The second-order valence-corrected chi connectivity index (χ2v) is 6.75. The van der Waals surface area contributed by atoms with E-state index in [-0.39, 0.29) is 17.9 Å². The van der Waals surface area contributed by atoms with Crippen molar-refractivity contribution in [1.29, 1.82) is 0 Å². The molecule has 0 bridgehead atoms. The zero-order valence-corrected chi connectivity index (χ0v) is 13.7. The first-order valence-electron chi connectivity index (χ1n) is 8.43. The summed E-state index contributed by atoms with van der Waals surface area (Å²) in [7, 11) is 0. The van der Waals surface area contributed by atoms with Crippen molar-refractivity contribution in [2.45, 2.75) is 18.9 Å². The van der Waals surface area contributed by atoms with E-state index in [0.717, 1.165) is 0 Å². The van der Waals surface area contributed by atoms with Crippen LogP contribution in [0.4, 0.5) is 4.79 Å². The maximum absolute atomic E-state index is 12.3. The molecule has 0 aromatic heterocycles. The lowest BCUT2D eigenvalue weighted by molar-refractivity contribution is 0.100. The Bertz CT molecular complexity index is 717. The van der Waals surface area contributed by atoms with Crippen LogP contribution in [0.3, 0.4) is 0 Å². The molecule has 4 heteroatoms. The number of hydrogen-bond donors (Lipinski definition) is 1. The number of carbonyl (C=O) groups excluding carboxylic acids is 1. The van der Waals surface area contributed by atoms with Crippen LogP contribution in [0.5, 0.6) is 0 Å². The fourth-order valence-electron chi connectivity index (χ4n) is 3.78. The van der Waals surface area contributed by atoms with Gasteiger partial charge < -0.3 is 14.7 Å². The van der Waals surface area contributed by atoms with Crippen LogP contribution >= 0.6 is 0 Å². The van der Waals surface area contributed by atoms with Crippen LogP contribution in [0.15, 0.2) is 48.5 Å². The minimum Gasteiger partial charge on any atom is -0.448 e. The van der Waals surface area contributed by atoms with Gasteiger partial charge in [0.2, 0.25) is 0 Å². The van der Waals surface area contributed by atoms with Gasteiger partial charge in [-0.05, 0) is 22.3 Å². The van der Waals surface area contributed by atoms with Crippen LogP contribution in [0.2, 0.25) is 0 Å². The molecule has 124 valence electrons. The molecular formula is C20H21NO3. The molecule has 0 unspecified atom stereocenters. The summed E-state index contributed by atoms with van der Waals surface area (Å²) in [6.07, 6.45) is -0.786. The molecule has 24 heavy (non-hydrogen) atoms. The van der Waals surface area contributed by atoms with Crippen LogP contribution < -0.4 is 0 Å². The largest absolute Gasteiger partial charge is 0.448 e. The van der Waals surface area contributed by atoms with Crippen molar-refractivity contribution in [2.24, 2.45) is 5.92 Å². The zero-order valence-electron chi connectivity index (χ0n) is 13.7. The minimum atomic E-state index is -0.453. The summed E-state index contributed by atoms with van der Waals surface area (Å²) in [5.74, 6) is 0.178. The Morgan fingerprint density at radius 2 is 1.67 bits per heavy atom. The standard InChI is InChI=1S/C20H21NO3/c1-13-10-21(11-19(13)22)20(23)24-12-18-16-8-4-2-6-14(16)15-7-3-5-9-17(15)18/h2-9,13,18-19,22H,10-12H2,1H3/t13-,19+/m1/s1. The van der Waals surface area contributed by atoms with Crippen LogP contribution in [0, 0.1) is 5.92 Å². The van der Waals surface area contributed by atoms with Gasteiger partial charge >= 0.3 is 6.09 Å². The maximum Gasteiger partial charge on any atom is 0.409 e. The number of rotatable bonds is 2. The van der Waals surface area contributed by atoms with Crippen molar-refractivity contribution < 1.29 is 14.6 Å². The molecule has 0 saturated carbocycles. The summed E-state index contributed by atoms with van der Waals surface area (Å²) in [5, 5.41) is 9.81. The predicted molar refractivity (Wildman–Crippen MR) is 91.8 cm³/mol. The van der Waals surface area contributed by atoms with Crippen molar-refractivity contribution in [1.82, 2.24) is 4.90 Å². The number of carbonyl (C=O) groups is 1. The summed E-state index contributed by atoms with van der Waals surface area (Å²) in [4.78, 5) is 13.9. The Labute approximate surface area is 141 Å². The molecule has 2 atom stereocenters. The van der Waals surface area contributed by atoms with Gasteiger partial charge in [-0.1, -0.05) is 55.5 Å². The number of aliphatic hydroxyl groups excluding tert-OH is 1. The molecule has 1 fully saturated rings. The highest BCUT2D eigenvalue weighted by atomic mass is 16.6. The number of fused-ring (bicyclic) bond motifs is 3. The van der Waals surface area contributed by atoms with E-state index < -0.39 is 6.10 Å². The molecule has 2 aromatic carbocycles. The third-order valence-corrected chi connectivity index (χ3v) is 5.17. The summed E-state index contributed by atoms with van der Waals surface area (Å²) >= 11 is 0. The minimum absolute atomic E-state index is 0.0753. The Balaban J connectivity index is 1.52. The predicted octanol–water partition coefficient (Wildman–Crippen LogP) is 3.25. The van der Waals surface area contributed by atoms with E-state index in [2.05, 4.69) is 24.3 Å². The van der Waals surface area contributed by atoms with E-state index in [1.165, 1.54) is 22.3 Å². The van der Waals surface area contributed by atoms with Crippen molar-refractivity contribution in [2.75, 3.05) is 19.7 Å². The third kappa shape index (κ3) is 2.47. The van der Waals surface area contributed by atoms with E-state index in [1.54, 1.807) is 4.90 Å². The number of amides is 1. The highest BCUT2D eigenvalue weighted by Gasteiger charge is 2.33. The summed E-state index contributed by atoms with van der Waals surface area (Å²) in [5.41, 5.74) is 4.86. The molecule has 1 heterocycles. The van der Waals surface area contributed by atoms with Crippen LogP contribution in [-0.2, 0) is 4.74 Å². The summed E-state index contributed by atoms with van der Waals surface area (Å²) in [6, 6.07) is 16.6. The van der Waals surface area contributed by atoms with Gasteiger partial charge in [0.1, 0.15) is 6.61 Å². The second-order valence-electron chi connectivity index (χ2n) is 6.75. The fraction of sp³-hybridized carbons (Fsp3) is 0.350. The first kappa shape index (κ1) is 15.2. The maximum atomic E-state index is 12.3. The van der Waals surface area contributed by atoms with Gasteiger partial charge in [0.25, 0.3) is 0 Å². The third-order valence-electron chi connectivity index (χ3n) is 5.17. The lowest BCUT2D eigenvalue weighted by atomic mass is 9.98. The first-order chi connectivity index (χ1) is 11.6. The van der Waals surface area contributed by atoms with Gasteiger partial charge in [0, 0.05) is 18.4 Å². The van der Waals surface area contributed by atoms with Gasteiger partial charge in [0.05, 0.1) is 12.6 Å². The number of β-amino-alcohol motifs (C(OH)–C–C–N with tert-alkyl or cyclic N) is 1. The lowest BCUT2D eigenvalue weighted by Crippen LogP contribution is -2.31. The van der Waals surface area contributed by atoms with Crippen LogP contribution in [0.1, 0.15) is 24.0 Å². The number of hydrogen-bond acceptors (Lipinski definition) is 3. The molecular weight excluding hydrogens is 302 g/mol. The number of likely N-dealkylation sites (tertiary alicyclic amines) is 1. The van der Waals surface area contributed by atoms with E-state index in [9.17, 15) is 9.90 Å². The molecule has 2 aliphatic rings. The number of benzene rings is 2. The molecule has 0 spiro atoms. The SMILES string of the molecule is C[C@@H]1CN(C(=O)OCC2c3ccccc3-c3ccccc32)C[C@@H]1O. The first-order valence-corrected chi connectivity index (χ1v) is 8.43. The number of ether oxygens (including phenoxy) is 1. The second kappa shape index (κ2) is 5.95. The monoisotopic (exact) mass is 323 g/mol. The van der Waals surface area contributed by atoms with Gasteiger partial charge in [-0.2, -0.15) is 0 Å². The zero-order chi connectivity index (χ0) is 16.7. The molecule has 0 radical (unpaired) electrons. The Hall–Kier alpha value is -2.33. The molecule has 4 rings (SSSR count). The molecule has 1 N–H and O–H groups in total. The molecule has 1 amide bonds. The fourth-order valence-corrected chi connectivity index (χ4v) is 3.78. The quantitative estimate of drug-likeness (QED) is 0.923. The molecule has 4 nitrogen and oxygen atoms in total.